The second kappa shape index (κ2) is 5.71. The maximum atomic E-state index is 4.78. The van der Waals surface area contributed by atoms with Crippen molar-refractivity contribution in [3.63, 3.8) is 0 Å². The lowest BCUT2D eigenvalue weighted by Crippen LogP contribution is -2.26. The average Bonchev–Trinajstić information content (AvgIpc) is 2.96. The number of aromatic nitrogens is 4. The fraction of sp³-hybridized carbons (Fsp3) is 0.533. The van der Waals surface area contributed by atoms with Crippen molar-refractivity contribution in [2.24, 2.45) is 0 Å². The molecule has 0 spiro atoms. The van der Waals surface area contributed by atoms with E-state index in [9.17, 15) is 0 Å². The van der Waals surface area contributed by atoms with Crippen molar-refractivity contribution in [3.8, 4) is 11.5 Å². The topological polar surface area (TPSA) is 55.6 Å². The van der Waals surface area contributed by atoms with E-state index < -0.39 is 0 Å². The Morgan fingerprint density at radius 2 is 2.25 bits per heavy atom. The first-order chi connectivity index (χ1) is 9.83. The normalized spacial score (nSPS) is 18.0. The summed E-state index contributed by atoms with van der Waals surface area (Å²) >= 11 is 0. The molecule has 2 heterocycles. The van der Waals surface area contributed by atoms with Gasteiger partial charge in [-0.25, -0.2) is 15.0 Å². The Bertz CT molecular complexity index is 590. The van der Waals surface area contributed by atoms with Crippen LogP contribution in [0.1, 0.15) is 44.0 Å². The van der Waals surface area contributed by atoms with Gasteiger partial charge in [-0.3, -0.25) is 0 Å². The summed E-state index contributed by atoms with van der Waals surface area (Å²) in [6, 6.07) is 0.411. The highest BCUT2D eigenvalue weighted by Crippen LogP contribution is 2.29. The molecule has 0 aromatic carbocycles. The molecule has 2 aromatic heterocycles. The fourth-order valence-electron chi connectivity index (χ4n) is 2.89. The Labute approximate surface area is 119 Å². The zero-order valence-electron chi connectivity index (χ0n) is 12.1. The number of imidazole rings is 1. The molecule has 0 fully saturated rings. The van der Waals surface area contributed by atoms with Gasteiger partial charge in [-0.15, -0.1) is 0 Å². The quantitative estimate of drug-likeness (QED) is 0.927. The molecule has 5 nitrogen and oxygen atoms in total. The third-order valence-electron chi connectivity index (χ3n) is 3.91. The number of rotatable bonds is 4. The lowest BCUT2D eigenvalue weighted by atomic mass is 9.92. The van der Waals surface area contributed by atoms with Gasteiger partial charge in [0.2, 0.25) is 0 Å². The Morgan fingerprint density at radius 3 is 3.05 bits per heavy atom. The number of fused-ring (bicyclic) bond motifs is 1. The van der Waals surface area contributed by atoms with E-state index in [1.165, 1.54) is 24.1 Å². The van der Waals surface area contributed by atoms with Crippen LogP contribution in [0.5, 0.6) is 0 Å². The van der Waals surface area contributed by atoms with Gasteiger partial charge >= 0.3 is 0 Å². The Kier molecular flexibility index (Phi) is 3.78. The third kappa shape index (κ3) is 2.33. The number of hydrogen-bond acceptors (Lipinski definition) is 4. The van der Waals surface area contributed by atoms with Gasteiger partial charge in [0.1, 0.15) is 5.69 Å². The van der Waals surface area contributed by atoms with Crippen molar-refractivity contribution in [2.45, 2.75) is 45.7 Å². The third-order valence-corrected chi connectivity index (χ3v) is 3.91. The van der Waals surface area contributed by atoms with Crippen LogP contribution in [0.25, 0.3) is 11.5 Å². The molecule has 0 saturated carbocycles. The lowest BCUT2D eigenvalue weighted by Gasteiger charge is -2.25. The van der Waals surface area contributed by atoms with Gasteiger partial charge in [-0.2, -0.15) is 0 Å². The molecule has 1 aliphatic carbocycles. The first-order valence-corrected chi connectivity index (χ1v) is 7.43. The van der Waals surface area contributed by atoms with Crippen molar-refractivity contribution in [3.05, 3.63) is 30.0 Å². The summed E-state index contributed by atoms with van der Waals surface area (Å²) < 4.78 is 2.08. The molecule has 0 saturated heterocycles. The van der Waals surface area contributed by atoms with E-state index in [0.29, 0.717) is 6.04 Å². The second-order valence-corrected chi connectivity index (χ2v) is 5.16. The zero-order valence-corrected chi connectivity index (χ0v) is 12.1. The molecule has 1 atom stereocenters. The molecule has 0 bridgehead atoms. The molecule has 106 valence electrons. The molecule has 1 N–H and O–H groups in total. The predicted octanol–water partition coefficient (Wildman–Crippen LogP) is 2.35. The Hall–Kier alpha value is -1.75. The van der Waals surface area contributed by atoms with Crippen LogP contribution in [0.2, 0.25) is 0 Å². The minimum absolute atomic E-state index is 0.411. The summed E-state index contributed by atoms with van der Waals surface area (Å²) in [5, 5.41) is 3.52. The van der Waals surface area contributed by atoms with Crippen LogP contribution in [0.15, 0.2) is 18.7 Å². The van der Waals surface area contributed by atoms with E-state index >= 15 is 0 Å². The lowest BCUT2D eigenvalue weighted by molar-refractivity contribution is 0.464. The molecule has 0 radical (unpaired) electrons. The Morgan fingerprint density at radius 1 is 1.35 bits per heavy atom. The summed E-state index contributed by atoms with van der Waals surface area (Å²) in [7, 11) is 0. The van der Waals surface area contributed by atoms with E-state index in [1.54, 1.807) is 0 Å². The molecular weight excluding hydrogens is 250 g/mol. The Balaban J connectivity index is 1.97. The maximum absolute atomic E-state index is 4.78. The van der Waals surface area contributed by atoms with E-state index in [2.05, 4.69) is 33.7 Å². The molecular formula is C15H21N5. The van der Waals surface area contributed by atoms with Crippen molar-refractivity contribution in [1.29, 1.82) is 0 Å². The standard InChI is InChI=1S/C15H21N5/c1-3-17-12-6-5-7-13-11(12)8-18-15(19-13)14-9-16-10-20(14)4-2/h8-10,12,17H,3-7H2,1-2H3. The average molecular weight is 271 g/mol. The van der Waals surface area contributed by atoms with Crippen molar-refractivity contribution >= 4 is 0 Å². The van der Waals surface area contributed by atoms with Crippen molar-refractivity contribution in [1.82, 2.24) is 24.8 Å². The van der Waals surface area contributed by atoms with E-state index in [0.717, 1.165) is 31.0 Å². The predicted molar refractivity (Wildman–Crippen MR) is 78.3 cm³/mol. The van der Waals surface area contributed by atoms with Crippen LogP contribution < -0.4 is 5.32 Å². The van der Waals surface area contributed by atoms with E-state index in [-0.39, 0.29) is 0 Å². The minimum Gasteiger partial charge on any atom is -0.328 e. The van der Waals surface area contributed by atoms with Crippen LogP contribution >= 0.6 is 0 Å². The van der Waals surface area contributed by atoms with Crippen LogP contribution in [-0.4, -0.2) is 26.1 Å². The first kappa shape index (κ1) is 13.2. The summed E-state index contributed by atoms with van der Waals surface area (Å²) in [5.41, 5.74) is 3.46. The molecule has 1 aliphatic rings. The number of nitrogens with zero attached hydrogens (tertiary/aromatic N) is 4. The molecule has 1 unspecified atom stereocenters. The highest BCUT2D eigenvalue weighted by Gasteiger charge is 2.22. The summed E-state index contributed by atoms with van der Waals surface area (Å²) in [4.78, 5) is 13.5. The fourth-order valence-corrected chi connectivity index (χ4v) is 2.89. The summed E-state index contributed by atoms with van der Waals surface area (Å²) in [5.74, 6) is 0.792. The van der Waals surface area contributed by atoms with Gasteiger partial charge in [0.05, 0.1) is 12.5 Å². The van der Waals surface area contributed by atoms with Crippen LogP contribution in [-0.2, 0) is 13.0 Å². The van der Waals surface area contributed by atoms with Gasteiger partial charge in [-0.05, 0) is 32.7 Å². The molecule has 3 rings (SSSR count). The number of nitrogens with one attached hydrogen (secondary N) is 1. The van der Waals surface area contributed by atoms with Gasteiger partial charge in [-0.1, -0.05) is 6.92 Å². The largest absolute Gasteiger partial charge is 0.328 e. The highest BCUT2D eigenvalue weighted by molar-refractivity contribution is 5.49. The van der Waals surface area contributed by atoms with Gasteiger partial charge in [0, 0.05) is 30.0 Å². The zero-order chi connectivity index (χ0) is 13.9. The molecule has 5 heteroatoms. The second-order valence-electron chi connectivity index (χ2n) is 5.16. The minimum atomic E-state index is 0.411. The summed E-state index contributed by atoms with van der Waals surface area (Å²) in [6.07, 6.45) is 9.09. The van der Waals surface area contributed by atoms with E-state index in [4.69, 9.17) is 4.98 Å². The smallest absolute Gasteiger partial charge is 0.178 e. The summed E-state index contributed by atoms with van der Waals surface area (Å²) in [6.45, 7) is 6.11. The molecule has 2 aromatic rings. The van der Waals surface area contributed by atoms with Crippen molar-refractivity contribution < 1.29 is 0 Å². The highest BCUT2D eigenvalue weighted by atomic mass is 15.1. The van der Waals surface area contributed by atoms with Crippen LogP contribution in [0, 0.1) is 0 Å². The first-order valence-electron chi connectivity index (χ1n) is 7.43. The molecule has 20 heavy (non-hydrogen) atoms. The van der Waals surface area contributed by atoms with E-state index in [1.807, 2.05) is 18.7 Å². The number of hydrogen-bond donors (Lipinski definition) is 1. The SMILES string of the molecule is CCNC1CCCc2nc(-c3cncn3CC)ncc21. The van der Waals surface area contributed by atoms with Gasteiger partial charge in [0.15, 0.2) is 5.82 Å². The molecule has 0 aliphatic heterocycles. The molecule has 0 amide bonds. The number of aryl methyl sites for hydroxylation is 2. The van der Waals surface area contributed by atoms with Crippen LogP contribution in [0.3, 0.4) is 0 Å². The van der Waals surface area contributed by atoms with Gasteiger partial charge in [0.25, 0.3) is 0 Å². The van der Waals surface area contributed by atoms with Crippen molar-refractivity contribution in [2.75, 3.05) is 6.54 Å². The monoisotopic (exact) mass is 271 g/mol. The maximum Gasteiger partial charge on any atom is 0.178 e. The van der Waals surface area contributed by atoms with Crippen LogP contribution in [0.4, 0.5) is 0 Å². The van der Waals surface area contributed by atoms with Gasteiger partial charge < -0.3 is 9.88 Å².